The van der Waals surface area contributed by atoms with Crippen LogP contribution < -0.4 is 15.0 Å². The molecule has 0 bridgehead atoms. The van der Waals surface area contributed by atoms with Gasteiger partial charge in [0.2, 0.25) is 0 Å². The molecule has 1 aliphatic rings. The van der Waals surface area contributed by atoms with Crippen molar-refractivity contribution in [1.29, 1.82) is 0 Å². The van der Waals surface area contributed by atoms with Crippen molar-refractivity contribution in [3.63, 3.8) is 0 Å². The van der Waals surface area contributed by atoms with Crippen LogP contribution >= 0.6 is 0 Å². The molecule has 1 heterocycles. The van der Waals surface area contributed by atoms with Crippen LogP contribution in [0.4, 0.5) is 5.69 Å². The van der Waals surface area contributed by atoms with Crippen molar-refractivity contribution in [1.82, 2.24) is 10.2 Å². The summed E-state index contributed by atoms with van der Waals surface area (Å²) in [6.45, 7) is 4.62. The molecule has 0 radical (unpaired) electrons. The predicted octanol–water partition coefficient (Wildman–Crippen LogP) is 2.59. The van der Waals surface area contributed by atoms with Gasteiger partial charge in [0.1, 0.15) is 5.75 Å². The zero-order valence-corrected chi connectivity index (χ0v) is 15.0. The van der Waals surface area contributed by atoms with Gasteiger partial charge >= 0.3 is 0 Å². The largest absolute Gasteiger partial charge is 0.496 e. The number of guanidine groups is 1. The molecule has 0 amide bonds. The zero-order valence-electron chi connectivity index (χ0n) is 15.0. The van der Waals surface area contributed by atoms with Gasteiger partial charge in [-0.15, -0.1) is 0 Å². The smallest absolute Gasteiger partial charge is 0.194 e. The Hall–Kier alpha value is -2.69. The first-order chi connectivity index (χ1) is 12.3. The molecule has 25 heavy (non-hydrogen) atoms. The van der Waals surface area contributed by atoms with Gasteiger partial charge in [-0.25, -0.2) is 0 Å². The number of hydrogen-bond donors (Lipinski definition) is 1. The van der Waals surface area contributed by atoms with Crippen LogP contribution in [0.5, 0.6) is 5.75 Å². The summed E-state index contributed by atoms with van der Waals surface area (Å²) in [7, 11) is 3.55. The van der Waals surface area contributed by atoms with Crippen LogP contribution in [-0.4, -0.2) is 51.2 Å². The second-order valence-corrected chi connectivity index (χ2v) is 6.02. The van der Waals surface area contributed by atoms with Crippen LogP contribution in [0.3, 0.4) is 0 Å². The van der Waals surface area contributed by atoms with Gasteiger partial charge in [-0.05, 0) is 18.2 Å². The van der Waals surface area contributed by atoms with Gasteiger partial charge in [0.15, 0.2) is 5.96 Å². The Morgan fingerprint density at radius 2 is 1.68 bits per heavy atom. The number of para-hydroxylation sites is 2. The molecule has 2 aromatic carbocycles. The molecule has 2 aromatic rings. The lowest BCUT2D eigenvalue weighted by atomic mass is 10.2. The first-order valence-corrected chi connectivity index (χ1v) is 8.69. The minimum atomic E-state index is 0.704. The number of benzene rings is 2. The number of ether oxygens (including phenoxy) is 1. The van der Waals surface area contributed by atoms with Gasteiger partial charge in [-0.1, -0.05) is 36.4 Å². The summed E-state index contributed by atoms with van der Waals surface area (Å²) in [6.07, 6.45) is 0. The van der Waals surface area contributed by atoms with Crippen molar-refractivity contribution in [2.24, 2.45) is 4.99 Å². The van der Waals surface area contributed by atoms with E-state index >= 15 is 0 Å². The second kappa shape index (κ2) is 8.42. The molecule has 0 spiro atoms. The SMILES string of the molecule is CN=C(NCc1ccccc1OC)N1CCN(c2ccccc2)CC1. The lowest BCUT2D eigenvalue weighted by molar-refractivity contribution is 0.371. The summed E-state index contributed by atoms with van der Waals surface area (Å²) in [4.78, 5) is 9.19. The minimum Gasteiger partial charge on any atom is -0.496 e. The molecule has 5 heteroatoms. The Balaban J connectivity index is 1.56. The van der Waals surface area contributed by atoms with Crippen LogP contribution in [0.2, 0.25) is 0 Å². The molecular weight excluding hydrogens is 312 g/mol. The molecular formula is C20H26N4O. The Morgan fingerprint density at radius 3 is 2.36 bits per heavy atom. The lowest BCUT2D eigenvalue weighted by Gasteiger charge is -2.37. The van der Waals surface area contributed by atoms with E-state index in [0.29, 0.717) is 6.54 Å². The summed E-state index contributed by atoms with van der Waals surface area (Å²) in [6, 6.07) is 18.7. The molecule has 0 atom stereocenters. The van der Waals surface area contributed by atoms with E-state index in [1.165, 1.54) is 5.69 Å². The number of piperazine rings is 1. The van der Waals surface area contributed by atoms with Crippen molar-refractivity contribution in [2.75, 3.05) is 45.2 Å². The van der Waals surface area contributed by atoms with Crippen LogP contribution in [-0.2, 0) is 6.54 Å². The van der Waals surface area contributed by atoms with E-state index in [1.807, 2.05) is 25.2 Å². The second-order valence-electron chi connectivity index (χ2n) is 6.02. The van der Waals surface area contributed by atoms with Crippen molar-refractivity contribution in [3.05, 3.63) is 60.2 Å². The highest BCUT2D eigenvalue weighted by Crippen LogP contribution is 2.18. The molecule has 1 N–H and O–H groups in total. The van der Waals surface area contributed by atoms with Crippen molar-refractivity contribution in [3.8, 4) is 5.75 Å². The molecule has 0 aliphatic carbocycles. The average molecular weight is 338 g/mol. The van der Waals surface area contributed by atoms with Crippen molar-refractivity contribution >= 4 is 11.6 Å². The topological polar surface area (TPSA) is 40.1 Å². The molecule has 0 aromatic heterocycles. The molecule has 5 nitrogen and oxygen atoms in total. The number of nitrogens with zero attached hydrogens (tertiary/aromatic N) is 3. The van der Waals surface area contributed by atoms with E-state index < -0.39 is 0 Å². The maximum absolute atomic E-state index is 5.42. The van der Waals surface area contributed by atoms with Gasteiger partial charge in [-0.2, -0.15) is 0 Å². The van der Waals surface area contributed by atoms with Gasteiger partial charge in [0, 0.05) is 51.0 Å². The highest BCUT2D eigenvalue weighted by Gasteiger charge is 2.19. The van der Waals surface area contributed by atoms with Gasteiger partial charge in [0.25, 0.3) is 0 Å². The highest BCUT2D eigenvalue weighted by molar-refractivity contribution is 5.80. The Labute approximate surface area is 149 Å². The van der Waals surface area contributed by atoms with Crippen LogP contribution in [0, 0.1) is 0 Å². The number of hydrogen-bond acceptors (Lipinski definition) is 3. The van der Waals surface area contributed by atoms with E-state index in [9.17, 15) is 0 Å². The predicted molar refractivity (Wildman–Crippen MR) is 103 cm³/mol. The standard InChI is InChI=1S/C20H26N4O/c1-21-20(22-16-17-8-6-7-11-19(17)25-2)24-14-12-23(13-15-24)18-9-4-3-5-10-18/h3-11H,12-16H2,1-2H3,(H,21,22). The number of aliphatic imine (C=N–C) groups is 1. The van der Waals surface area contributed by atoms with Crippen LogP contribution in [0.15, 0.2) is 59.6 Å². The van der Waals surface area contributed by atoms with Gasteiger partial charge in [0.05, 0.1) is 7.11 Å². The molecule has 1 aliphatic heterocycles. The summed E-state index contributed by atoms with van der Waals surface area (Å²) in [5.41, 5.74) is 2.42. The number of nitrogens with one attached hydrogen (secondary N) is 1. The monoisotopic (exact) mass is 338 g/mol. The average Bonchev–Trinajstić information content (AvgIpc) is 2.70. The fraction of sp³-hybridized carbons (Fsp3) is 0.350. The summed E-state index contributed by atoms with van der Waals surface area (Å²) in [5.74, 6) is 1.85. The fourth-order valence-corrected chi connectivity index (χ4v) is 3.17. The molecule has 0 unspecified atom stereocenters. The Kier molecular flexibility index (Phi) is 5.77. The fourth-order valence-electron chi connectivity index (χ4n) is 3.17. The normalized spacial score (nSPS) is 15.2. The van der Waals surface area contributed by atoms with Crippen molar-refractivity contribution in [2.45, 2.75) is 6.54 Å². The molecule has 3 rings (SSSR count). The quantitative estimate of drug-likeness (QED) is 0.687. The van der Waals surface area contributed by atoms with E-state index in [-0.39, 0.29) is 0 Å². The number of anilines is 1. The summed E-state index contributed by atoms with van der Waals surface area (Å²) >= 11 is 0. The lowest BCUT2D eigenvalue weighted by Crippen LogP contribution is -2.52. The van der Waals surface area contributed by atoms with Gasteiger partial charge in [-0.3, -0.25) is 4.99 Å². The molecule has 1 fully saturated rings. The Morgan fingerprint density at radius 1 is 1.00 bits per heavy atom. The van der Waals surface area contributed by atoms with E-state index in [1.54, 1.807) is 7.11 Å². The summed E-state index contributed by atoms with van der Waals surface area (Å²) in [5, 5.41) is 3.46. The van der Waals surface area contributed by atoms with Gasteiger partial charge < -0.3 is 19.9 Å². The van der Waals surface area contributed by atoms with Crippen LogP contribution in [0.25, 0.3) is 0 Å². The minimum absolute atomic E-state index is 0.704. The molecule has 132 valence electrons. The van der Waals surface area contributed by atoms with E-state index in [2.05, 4.69) is 56.5 Å². The number of rotatable bonds is 4. The third kappa shape index (κ3) is 4.24. The first-order valence-electron chi connectivity index (χ1n) is 8.69. The highest BCUT2D eigenvalue weighted by atomic mass is 16.5. The molecule has 0 saturated carbocycles. The molecule has 1 saturated heterocycles. The number of methoxy groups -OCH3 is 1. The van der Waals surface area contributed by atoms with Crippen LogP contribution in [0.1, 0.15) is 5.56 Å². The van der Waals surface area contributed by atoms with E-state index in [4.69, 9.17) is 4.74 Å². The van der Waals surface area contributed by atoms with E-state index in [0.717, 1.165) is 43.5 Å². The third-order valence-corrected chi connectivity index (χ3v) is 4.54. The maximum atomic E-state index is 5.42. The third-order valence-electron chi connectivity index (χ3n) is 4.54. The Bertz CT molecular complexity index is 694. The zero-order chi connectivity index (χ0) is 17.5. The maximum Gasteiger partial charge on any atom is 0.194 e. The summed E-state index contributed by atoms with van der Waals surface area (Å²) < 4.78 is 5.42. The first kappa shape index (κ1) is 17.1. The van der Waals surface area contributed by atoms with Crippen molar-refractivity contribution < 1.29 is 4.74 Å².